The van der Waals surface area contributed by atoms with Crippen LogP contribution in [0.25, 0.3) is 10.8 Å². The van der Waals surface area contributed by atoms with Crippen molar-refractivity contribution in [2.45, 2.75) is 38.6 Å². The molecule has 1 aromatic carbocycles. The van der Waals surface area contributed by atoms with E-state index in [1.807, 2.05) is 18.2 Å². The summed E-state index contributed by atoms with van der Waals surface area (Å²) in [7, 11) is 0. The number of nitrogens with two attached hydrogens (primary N) is 1. The van der Waals surface area contributed by atoms with Gasteiger partial charge in [0.15, 0.2) is 0 Å². The lowest BCUT2D eigenvalue weighted by Crippen LogP contribution is -2.16. The van der Waals surface area contributed by atoms with Gasteiger partial charge in [0.2, 0.25) is 5.88 Å². The number of ether oxygens (including phenoxy) is 1. The molecule has 0 aliphatic heterocycles. The third-order valence-corrected chi connectivity index (χ3v) is 4.15. The Kier molecular flexibility index (Phi) is 4.16. The maximum absolute atomic E-state index is 6.03. The number of nitrogens with zero attached hydrogens (tertiary/aromatic N) is 1. The number of hydrogen-bond acceptors (Lipinski definition) is 3. The zero-order valence-corrected chi connectivity index (χ0v) is 11.8. The van der Waals surface area contributed by atoms with Gasteiger partial charge in [0.25, 0.3) is 0 Å². The number of pyridine rings is 1. The van der Waals surface area contributed by atoms with E-state index in [-0.39, 0.29) is 0 Å². The van der Waals surface area contributed by atoms with Crippen LogP contribution in [0.4, 0.5) is 0 Å². The van der Waals surface area contributed by atoms with E-state index in [4.69, 9.17) is 10.5 Å². The summed E-state index contributed by atoms with van der Waals surface area (Å²) in [6, 6.07) is 10.3. The summed E-state index contributed by atoms with van der Waals surface area (Å²) < 4.78 is 6.03. The van der Waals surface area contributed by atoms with E-state index in [0.29, 0.717) is 12.5 Å². The van der Waals surface area contributed by atoms with Crippen LogP contribution in [0.3, 0.4) is 0 Å². The molecule has 0 spiro atoms. The van der Waals surface area contributed by atoms with Crippen LogP contribution in [-0.2, 0) is 6.54 Å². The minimum Gasteiger partial charge on any atom is -0.477 e. The lowest BCUT2D eigenvalue weighted by Gasteiger charge is -2.21. The van der Waals surface area contributed by atoms with Crippen molar-refractivity contribution in [3.8, 4) is 5.88 Å². The predicted molar refractivity (Wildman–Crippen MR) is 81.7 cm³/mol. The summed E-state index contributed by atoms with van der Waals surface area (Å²) in [5.74, 6) is 1.43. The predicted octanol–water partition coefficient (Wildman–Crippen LogP) is 3.65. The number of hydrogen-bond donors (Lipinski definition) is 1. The molecule has 0 amide bonds. The van der Waals surface area contributed by atoms with Crippen molar-refractivity contribution < 1.29 is 4.74 Å². The summed E-state index contributed by atoms with van der Waals surface area (Å²) in [6.45, 7) is 1.23. The highest BCUT2D eigenvalue weighted by molar-refractivity contribution is 5.87. The van der Waals surface area contributed by atoms with Crippen LogP contribution in [-0.4, -0.2) is 11.6 Å². The topological polar surface area (TPSA) is 48.1 Å². The second-order valence-electron chi connectivity index (χ2n) is 5.66. The smallest absolute Gasteiger partial charge is 0.221 e. The summed E-state index contributed by atoms with van der Waals surface area (Å²) in [5.41, 5.74) is 6.62. The second-order valence-corrected chi connectivity index (χ2v) is 5.66. The van der Waals surface area contributed by atoms with Gasteiger partial charge in [-0.3, -0.25) is 0 Å². The first-order valence-corrected chi connectivity index (χ1v) is 7.58. The highest BCUT2D eigenvalue weighted by Gasteiger charge is 2.15. The van der Waals surface area contributed by atoms with Crippen molar-refractivity contribution in [1.82, 2.24) is 4.98 Å². The fourth-order valence-corrected chi connectivity index (χ4v) is 2.99. The molecular formula is C17H22N2O. The summed E-state index contributed by atoms with van der Waals surface area (Å²) in [6.07, 6.45) is 6.62. The van der Waals surface area contributed by atoms with Gasteiger partial charge in [-0.25, -0.2) is 4.98 Å². The average Bonchev–Trinajstić information content (AvgIpc) is 2.53. The number of aromatic nitrogens is 1. The van der Waals surface area contributed by atoms with Gasteiger partial charge in [0.1, 0.15) is 0 Å². The first-order valence-electron chi connectivity index (χ1n) is 7.58. The molecule has 0 radical (unpaired) electrons. The van der Waals surface area contributed by atoms with E-state index in [0.717, 1.165) is 29.0 Å². The van der Waals surface area contributed by atoms with Crippen molar-refractivity contribution in [3.63, 3.8) is 0 Å². The van der Waals surface area contributed by atoms with E-state index in [2.05, 4.69) is 17.1 Å². The molecule has 1 aliphatic carbocycles. The number of benzene rings is 1. The third-order valence-electron chi connectivity index (χ3n) is 4.15. The minimum absolute atomic E-state index is 0.449. The van der Waals surface area contributed by atoms with Gasteiger partial charge in [-0.05, 0) is 36.3 Å². The summed E-state index contributed by atoms with van der Waals surface area (Å²) >= 11 is 0. The van der Waals surface area contributed by atoms with Crippen molar-refractivity contribution in [1.29, 1.82) is 0 Å². The van der Waals surface area contributed by atoms with Crippen molar-refractivity contribution in [2.75, 3.05) is 6.61 Å². The molecule has 1 saturated carbocycles. The molecule has 0 atom stereocenters. The molecule has 1 fully saturated rings. The largest absolute Gasteiger partial charge is 0.477 e. The lowest BCUT2D eigenvalue weighted by molar-refractivity contribution is 0.204. The Morgan fingerprint density at radius 1 is 1.15 bits per heavy atom. The lowest BCUT2D eigenvalue weighted by atomic mass is 9.90. The van der Waals surface area contributed by atoms with E-state index in [9.17, 15) is 0 Å². The molecule has 20 heavy (non-hydrogen) atoms. The zero-order valence-electron chi connectivity index (χ0n) is 11.8. The van der Waals surface area contributed by atoms with Crippen LogP contribution in [0.1, 0.15) is 37.8 Å². The molecule has 3 rings (SSSR count). The van der Waals surface area contributed by atoms with Gasteiger partial charge < -0.3 is 10.5 Å². The van der Waals surface area contributed by atoms with E-state index in [1.54, 1.807) is 0 Å². The van der Waals surface area contributed by atoms with Gasteiger partial charge in [-0.15, -0.1) is 0 Å². The highest BCUT2D eigenvalue weighted by Crippen LogP contribution is 2.28. The number of fused-ring (bicyclic) bond motifs is 1. The highest BCUT2D eigenvalue weighted by atomic mass is 16.5. The first kappa shape index (κ1) is 13.4. The maximum atomic E-state index is 6.03. The van der Waals surface area contributed by atoms with Gasteiger partial charge in [0.05, 0.1) is 12.3 Å². The molecule has 1 aromatic heterocycles. The average molecular weight is 270 g/mol. The molecule has 1 heterocycles. The van der Waals surface area contributed by atoms with E-state index < -0.39 is 0 Å². The van der Waals surface area contributed by atoms with Gasteiger partial charge in [-0.1, -0.05) is 37.5 Å². The first-order chi connectivity index (χ1) is 9.86. The maximum Gasteiger partial charge on any atom is 0.221 e. The Balaban J connectivity index is 1.81. The van der Waals surface area contributed by atoms with Crippen LogP contribution < -0.4 is 10.5 Å². The Labute approximate surface area is 120 Å². The molecular weight excluding hydrogens is 248 g/mol. The summed E-state index contributed by atoms with van der Waals surface area (Å²) in [4.78, 5) is 4.56. The van der Waals surface area contributed by atoms with Crippen molar-refractivity contribution in [2.24, 2.45) is 11.7 Å². The Bertz CT molecular complexity index is 576. The van der Waals surface area contributed by atoms with Gasteiger partial charge in [-0.2, -0.15) is 0 Å². The Morgan fingerprint density at radius 2 is 1.95 bits per heavy atom. The van der Waals surface area contributed by atoms with Gasteiger partial charge >= 0.3 is 0 Å². The SMILES string of the molecule is NCc1cc2ccccc2c(OCC2CCCCC2)n1. The molecule has 1 aliphatic rings. The van der Waals surface area contributed by atoms with Gasteiger partial charge in [0, 0.05) is 11.9 Å². The van der Waals surface area contributed by atoms with Crippen LogP contribution in [0.2, 0.25) is 0 Å². The van der Waals surface area contributed by atoms with Crippen LogP contribution >= 0.6 is 0 Å². The number of rotatable bonds is 4. The van der Waals surface area contributed by atoms with Crippen molar-refractivity contribution >= 4 is 10.8 Å². The quantitative estimate of drug-likeness (QED) is 0.922. The minimum atomic E-state index is 0.449. The fourth-order valence-electron chi connectivity index (χ4n) is 2.99. The second kappa shape index (κ2) is 6.23. The monoisotopic (exact) mass is 270 g/mol. The molecule has 0 saturated heterocycles. The molecule has 3 heteroatoms. The van der Waals surface area contributed by atoms with E-state index in [1.165, 1.54) is 32.1 Å². The zero-order chi connectivity index (χ0) is 13.8. The molecule has 2 N–H and O–H groups in total. The summed E-state index contributed by atoms with van der Waals surface area (Å²) in [5, 5.41) is 2.24. The Hall–Kier alpha value is -1.61. The van der Waals surface area contributed by atoms with Crippen molar-refractivity contribution in [3.05, 3.63) is 36.0 Å². The fraction of sp³-hybridized carbons (Fsp3) is 0.471. The van der Waals surface area contributed by atoms with Crippen LogP contribution in [0, 0.1) is 5.92 Å². The molecule has 0 bridgehead atoms. The standard InChI is InChI=1S/C17H22N2O/c18-11-15-10-14-8-4-5-9-16(14)17(19-15)20-12-13-6-2-1-3-7-13/h4-5,8-10,13H,1-3,6-7,11-12,18H2. The van der Waals surface area contributed by atoms with E-state index >= 15 is 0 Å². The molecule has 0 unspecified atom stereocenters. The molecule has 106 valence electrons. The molecule has 2 aromatic rings. The Morgan fingerprint density at radius 3 is 2.75 bits per heavy atom. The normalized spacial score (nSPS) is 16.4. The molecule has 3 nitrogen and oxygen atoms in total. The third kappa shape index (κ3) is 2.93. The van der Waals surface area contributed by atoms with Crippen LogP contribution in [0.5, 0.6) is 5.88 Å². The van der Waals surface area contributed by atoms with Crippen LogP contribution in [0.15, 0.2) is 30.3 Å².